The van der Waals surface area contributed by atoms with E-state index in [1.54, 1.807) is 0 Å². The smallest absolute Gasteiger partial charge is 0.550 e. The van der Waals surface area contributed by atoms with Crippen LogP contribution in [-0.4, -0.2) is 35.8 Å². The summed E-state index contributed by atoms with van der Waals surface area (Å²) in [4.78, 5) is 61.1. The second-order valence-electron chi connectivity index (χ2n) is 32.2. The van der Waals surface area contributed by atoms with Crippen LogP contribution in [0.3, 0.4) is 0 Å². The summed E-state index contributed by atoms with van der Waals surface area (Å²) in [5.41, 5.74) is 0. The molecular weight excluding hydrogens is 1440 g/mol. The fourth-order valence-electron chi connectivity index (χ4n) is 13.7. The average molecular weight is 1630 g/mol. The van der Waals surface area contributed by atoms with E-state index in [-0.39, 0.29) is 59.6 Å². The third kappa shape index (κ3) is 148. The average Bonchev–Trinajstić information content (AvgIpc) is 3.19. The molecule has 0 heterocycles. The molecule has 0 aliphatic carbocycles. The molecule has 0 aliphatic rings. The van der Waals surface area contributed by atoms with Crippen molar-refractivity contribution < 1.29 is 80.5 Å². The van der Waals surface area contributed by atoms with Gasteiger partial charge in [-0.15, -0.1) is 0 Å². The van der Waals surface area contributed by atoms with Crippen LogP contribution in [0.5, 0.6) is 0 Å². The molecule has 0 amide bonds. The molecule has 0 saturated heterocycles. The van der Waals surface area contributed by atoms with Gasteiger partial charge in [0.2, 0.25) is 0 Å². The number of aliphatic carboxylic acids is 6. The fraction of sp³-hybridized carbons (Fsp3) is 0.938. The Morgan fingerprint density at radius 2 is 0.174 bits per heavy atom. The molecule has 0 unspecified atom stereocenters. The normalized spacial score (nSPS) is 10.6. The van der Waals surface area contributed by atoms with Gasteiger partial charge in [-0.3, -0.25) is 0 Å². The van der Waals surface area contributed by atoms with Gasteiger partial charge in [-0.2, -0.15) is 0 Å². The van der Waals surface area contributed by atoms with Crippen molar-refractivity contribution in [3.63, 3.8) is 0 Å². The largest absolute Gasteiger partial charge is 6.00 e. The zero-order valence-corrected chi connectivity index (χ0v) is 75.7. The van der Waals surface area contributed by atoms with Gasteiger partial charge < -0.3 is 59.4 Å². The Kier molecular flexibility index (Phi) is 128. The molecule has 0 spiro atoms. The Morgan fingerprint density at radius 1 is 0.119 bits per heavy atom. The van der Waals surface area contributed by atoms with Gasteiger partial charge in [-0.05, 0) is 77.0 Å². The van der Waals surface area contributed by atoms with Gasteiger partial charge in [-0.1, -0.05) is 504 Å². The number of rotatable bonds is 84. The standard InChI is InChI=1S/6C16H32O2.Mo/c6*1-2-3-4-5-6-7-8-9-10-11-12-13-14-15-16(17)18;/h6*2-15H2,1H3,(H,17,18);/q;;;;;;+6/p-6. The van der Waals surface area contributed by atoms with Crippen molar-refractivity contribution in [2.75, 3.05) is 0 Å². The molecule has 0 aromatic rings. The second kappa shape index (κ2) is 116. The molecule has 0 aromatic heterocycles. The van der Waals surface area contributed by atoms with Crippen molar-refractivity contribution >= 4 is 35.8 Å². The summed E-state index contributed by atoms with van der Waals surface area (Å²) in [5.74, 6) is -5.43. The van der Waals surface area contributed by atoms with Crippen molar-refractivity contribution in [1.29, 1.82) is 0 Å². The van der Waals surface area contributed by atoms with Crippen molar-refractivity contribution in [3.8, 4) is 0 Å². The van der Waals surface area contributed by atoms with E-state index >= 15 is 0 Å². The molecular formula is C96H186MoO12. The molecule has 0 aromatic carbocycles. The molecule has 0 saturated carbocycles. The minimum atomic E-state index is -0.905. The first-order chi connectivity index (χ1) is 52.6. The van der Waals surface area contributed by atoms with Gasteiger partial charge in [0.15, 0.2) is 0 Å². The molecule has 0 bridgehead atoms. The first kappa shape index (κ1) is 120. The fourth-order valence-corrected chi connectivity index (χ4v) is 13.7. The maximum Gasteiger partial charge on any atom is 6.00 e. The number of hydrogen-bond donors (Lipinski definition) is 0. The minimum absolute atomic E-state index is 0. The van der Waals surface area contributed by atoms with E-state index in [0.717, 1.165) is 77.0 Å². The van der Waals surface area contributed by atoms with Crippen LogP contribution in [0.25, 0.3) is 0 Å². The maximum absolute atomic E-state index is 10.2. The summed E-state index contributed by atoms with van der Waals surface area (Å²) in [6, 6.07) is 0. The number of unbranched alkanes of at least 4 members (excludes halogenated alkanes) is 72. The number of carboxylic acid groups (broad SMARTS) is 6. The van der Waals surface area contributed by atoms with Crippen LogP contribution < -0.4 is 30.6 Å². The molecule has 0 aliphatic heterocycles. The van der Waals surface area contributed by atoms with Crippen LogP contribution in [0, 0.1) is 0 Å². The third-order valence-electron chi connectivity index (χ3n) is 20.9. The zero-order valence-electron chi connectivity index (χ0n) is 73.7. The van der Waals surface area contributed by atoms with Gasteiger partial charge in [-0.25, -0.2) is 0 Å². The van der Waals surface area contributed by atoms with Gasteiger partial charge in [0.25, 0.3) is 0 Å². The quantitative estimate of drug-likeness (QED) is 0.0408. The number of hydrogen-bond acceptors (Lipinski definition) is 12. The summed E-state index contributed by atoms with van der Waals surface area (Å²) in [6.45, 7) is 13.5. The third-order valence-corrected chi connectivity index (χ3v) is 20.9. The minimum Gasteiger partial charge on any atom is -0.550 e. The Hall–Kier alpha value is -2.49. The van der Waals surface area contributed by atoms with Crippen LogP contribution in [-0.2, 0) is 49.8 Å². The van der Waals surface area contributed by atoms with Crippen LogP contribution in [0.2, 0.25) is 0 Å². The summed E-state index contributed by atoms with van der Waals surface area (Å²) < 4.78 is 0. The first-order valence-corrected chi connectivity index (χ1v) is 47.8. The molecule has 0 N–H and O–H groups in total. The summed E-state index contributed by atoms with van der Waals surface area (Å²) in [5, 5.41) is 61.1. The first-order valence-electron chi connectivity index (χ1n) is 47.8. The predicted octanol–water partition coefficient (Wildman–Crippen LogP) is 25.3. The van der Waals surface area contributed by atoms with E-state index in [9.17, 15) is 59.4 Å². The maximum atomic E-state index is 10.2. The molecule has 648 valence electrons. The number of carbonyl (C=O) groups is 6. The SMILES string of the molecule is CCCCCCCCCCCCCCCC(=O)[O-].CCCCCCCCCCCCCCCC(=O)[O-].CCCCCCCCCCCCCCCC(=O)[O-].CCCCCCCCCCCCCCCC(=O)[O-].CCCCCCCCCCCCCCCC(=O)[O-].CCCCCCCCCCCCCCCC(=O)[O-].[Mo+6]. The van der Waals surface area contributed by atoms with Gasteiger partial charge >= 0.3 is 21.1 Å². The Morgan fingerprint density at radius 3 is 0.229 bits per heavy atom. The Bertz CT molecular complexity index is 1390. The van der Waals surface area contributed by atoms with Crippen LogP contribution in [0.1, 0.15) is 581 Å². The Labute approximate surface area is 693 Å². The second-order valence-corrected chi connectivity index (χ2v) is 32.2. The topological polar surface area (TPSA) is 241 Å². The van der Waals surface area contributed by atoms with Crippen molar-refractivity contribution in [2.45, 2.75) is 581 Å². The van der Waals surface area contributed by atoms with E-state index in [1.165, 1.54) is 424 Å². The molecule has 13 heteroatoms. The monoisotopic (exact) mass is 1630 g/mol. The summed E-state index contributed by atoms with van der Waals surface area (Å²) in [7, 11) is 0. The molecule has 0 radical (unpaired) electrons. The summed E-state index contributed by atoms with van der Waals surface area (Å²) in [6.07, 6.45) is 102. The van der Waals surface area contributed by atoms with Crippen molar-refractivity contribution in [2.24, 2.45) is 0 Å². The van der Waals surface area contributed by atoms with Crippen molar-refractivity contribution in [1.82, 2.24) is 0 Å². The van der Waals surface area contributed by atoms with Crippen LogP contribution in [0.4, 0.5) is 0 Å². The molecule has 0 atom stereocenters. The van der Waals surface area contributed by atoms with Gasteiger partial charge in [0.1, 0.15) is 0 Å². The van der Waals surface area contributed by atoms with Crippen LogP contribution in [0.15, 0.2) is 0 Å². The number of carbonyl (C=O) groups excluding carboxylic acids is 6. The van der Waals surface area contributed by atoms with Crippen LogP contribution >= 0.6 is 0 Å². The van der Waals surface area contributed by atoms with E-state index in [4.69, 9.17) is 0 Å². The van der Waals surface area contributed by atoms with E-state index in [1.807, 2.05) is 0 Å². The summed E-state index contributed by atoms with van der Waals surface area (Å²) >= 11 is 0. The molecule has 12 nitrogen and oxygen atoms in total. The molecule has 109 heavy (non-hydrogen) atoms. The Balaban J connectivity index is -0.000000229. The van der Waals surface area contributed by atoms with E-state index in [0.29, 0.717) is 0 Å². The van der Waals surface area contributed by atoms with Gasteiger partial charge in [0, 0.05) is 35.8 Å². The zero-order chi connectivity index (χ0) is 80.9. The predicted molar refractivity (Wildman–Crippen MR) is 452 cm³/mol. The number of carboxylic acids is 6. The molecule has 0 rings (SSSR count). The van der Waals surface area contributed by atoms with Crippen molar-refractivity contribution in [3.05, 3.63) is 0 Å². The molecule has 0 fully saturated rings. The van der Waals surface area contributed by atoms with E-state index in [2.05, 4.69) is 41.5 Å². The van der Waals surface area contributed by atoms with Gasteiger partial charge in [0.05, 0.1) is 0 Å². The van der Waals surface area contributed by atoms with E-state index < -0.39 is 35.8 Å².